The third-order valence-electron chi connectivity index (χ3n) is 1.69. The summed E-state index contributed by atoms with van der Waals surface area (Å²) in [4.78, 5) is 4.69. The van der Waals surface area contributed by atoms with E-state index in [0.29, 0.717) is 0 Å². The molecule has 0 saturated carbocycles. The molecule has 0 amide bonds. The largest absolute Gasteiger partial charge is 0.451 e. The molecular formula is C8H2F7N3. The molecule has 0 spiro atoms. The number of alkyl halides is 6. The molecule has 0 bridgehead atoms. The maximum absolute atomic E-state index is 13.2. The summed E-state index contributed by atoms with van der Waals surface area (Å²) in [5.74, 6) is -4.21. The number of hydrogen-bond donors (Lipinski definition) is 0. The molecule has 0 radical (unpaired) electrons. The molecule has 1 rings (SSSR count). The number of aromatic nitrogens is 2. The first-order valence-electron chi connectivity index (χ1n) is 4.15. The first-order valence-corrected chi connectivity index (χ1v) is 4.15. The smallest absolute Gasteiger partial charge is 0.225 e. The lowest BCUT2D eigenvalue weighted by molar-refractivity contribution is -0.154. The van der Waals surface area contributed by atoms with Crippen LogP contribution in [0.3, 0.4) is 0 Å². The standard InChI is InChI=1S/C8H2F7N3/c9-4-3(1-2-16)17-6(8(13,14)15)18-5(4)7(10,11)12/h1H2. The molecular weight excluding hydrogens is 271 g/mol. The quantitative estimate of drug-likeness (QED) is 0.739. The minimum atomic E-state index is -5.41. The summed E-state index contributed by atoms with van der Waals surface area (Å²) < 4.78 is 86.6. The van der Waals surface area contributed by atoms with E-state index in [0.717, 1.165) is 0 Å². The first-order chi connectivity index (χ1) is 8.07. The van der Waals surface area contributed by atoms with Gasteiger partial charge in [-0.3, -0.25) is 0 Å². The monoisotopic (exact) mass is 273 g/mol. The average Bonchev–Trinajstić information content (AvgIpc) is 2.17. The fourth-order valence-corrected chi connectivity index (χ4v) is 1.00. The van der Waals surface area contributed by atoms with E-state index in [4.69, 9.17) is 5.26 Å². The van der Waals surface area contributed by atoms with Gasteiger partial charge in [0.2, 0.25) is 5.82 Å². The van der Waals surface area contributed by atoms with Gasteiger partial charge in [0, 0.05) is 0 Å². The third kappa shape index (κ3) is 2.85. The fraction of sp³-hybridized carbons (Fsp3) is 0.375. The molecule has 3 nitrogen and oxygen atoms in total. The van der Waals surface area contributed by atoms with E-state index in [2.05, 4.69) is 9.97 Å². The van der Waals surface area contributed by atoms with E-state index in [1.54, 1.807) is 0 Å². The van der Waals surface area contributed by atoms with Crippen LogP contribution in [0.2, 0.25) is 0 Å². The van der Waals surface area contributed by atoms with Gasteiger partial charge in [0.15, 0.2) is 11.5 Å². The Balaban J connectivity index is 3.53. The number of nitrogens with zero attached hydrogens (tertiary/aromatic N) is 3. The molecule has 18 heavy (non-hydrogen) atoms. The number of nitriles is 1. The Labute approximate surface area is 94.9 Å². The molecule has 1 aromatic heterocycles. The van der Waals surface area contributed by atoms with Crippen molar-refractivity contribution in [1.29, 1.82) is 5.26 Å². The van der Waals surface area contributed by atoms with Crippen LogP contribution < -0.4 is 0 Å². The Bertz CT molecular complexity index is 497. The third-order valence-corrected chi connectivity index (χ3v) is 1.69. The van der Waals surface area contributed by atoms with Crippen LogP contribution in [0.5, 0.6) is 0 Å². The minimum Gasteiger partial charge on any atom is -0.225 e. The average molecular weight is 273 g/mol. The van der Waals surface area contributed by atoms with Gasteiger partial charge in [-0.15, -0.1) is 0 Å². The van der Waals surface area contributed by atoms with Crippen LogP contribution >= 0.6 is 0 Å². The molecule has 1 aromatic rings. The molecule has 0 atom stereocenters. The van der Waals surface area contributed by atoms with Crippen LogP contribution in [0.4, 0.5) is 30.7 Å². The molecule has 10 heteroatoms. The maximum atomic E-state index is 13.2. The lowest BCUT2D eigenvalue weighted by Crippen LogP contribution is -2.21. The summed E-state index contributed by atoms with van der Waals surface area (Å²) in [5, 5.41) is 8.19. The van der Waals surface area contributed by atoms with E-state index in [1.165, 1.54) is 6.07 Å². The zero-order chi connectivity index (χ0) is 14.1. The Morgan fingerprint density at radius 2 is 1.56 bits per heavy atom. The molecule has 0 saturated heterocycles. The Morgan fingerprint density at radius 1 is 1.00 bits per heavy atom. The topological polar surface area (TPSA) is 49.6 Å². The lowest BCUT2D eigenvalue weighted by Gasteiger charge is -2.12. The summed E-state index contributed by atoms with van der Waals surface area (Å²) >= 11 is 0. The van der Waals surface area contributed by atoms with E-state index < -0.39 is 41.8 Å². The molecule has 0 aliphatic carbocycles. The van der Waals surface area contributed by atoms with Crippen LogP contribution in [-0.4, -0.2) is 9.97 Å². The summed E-state index contributed by atoms with van der Waals surface area (Å²) in [6.45, 7) is 0. The highest BCUT2D eigenvalue weighted by molar-refractivity contribution is 5.20. The Hall–Kier alpha value is -1.92. The highest BCUT2D eigenvalue weighted by Gasteiger charge is 2.43. The molecule has 1 heterocycles. The first kappa shape index (κ1) is 14.1. The van der Waals surface area contributed by atoms with Gasteiger partial charge >= 0.3 is 12.4 Å². The van der Waals surface area contributed by atoms with Crippen LogP contribution in [-0.2, 0) is 18.8 Å². The van der Waals surface area contributed by atoms with Gasteiger partial charge in [0.1, 0.15) is 0 Å². The second-order valence-corrected chi connectivity index (χ2v) is 2.99. The highest BCUT2D eigenvalue weighted by Crippen LogP contribution is 2.34. The molecule has 0 aliphatic rings. The number of rotatable bonds is 1. The van der Waals surface area contributed by atoms with Crippen molar-refractivity contribution >= 4 is 0 Å². The van der Waals surface area contributed by atoms with Crippen LogP contribution in [0.1, 0.15) is 17.2 Å². The van der Waals surface area contributed by atoms with E-state index >= 15 is 0 Å². The molecule has 0 unspecified atom stereocenters. The van der Waals surface area contributed by atoms with Crippen LogP contribution in [0.25, 0.3) is 0 Å². The summed E-state index contributed by atoms with van der Waals surface area (Å²) in [6, 6.07) is 1.22. The van der Waals surface area contributed by atoms with Crippen molar-refractivity contribution < 1.29 is 30.7 Å². The number of halogens is 7. The summed E-state index contributed by atoms with van der Waals surface area (Å²) in [7, 11) is 0. The van der Waals surface area contributed by atoms with Crippen LogP contribution in [0, 0.1) is 17.1 Å². The molecule has 0 aliphatic heterocycles. The second-order valence-electron chi connectivity index (χ2n) is 2.99. The van der Waals surface area contributed by atoms with Gasteiger partial charge < -0.3 is 0 Å². The van der Waals surface area contributed by atoms with Crippen molar-refractivity contribution in [1.82, 2.24) is 9.97 Å². The molecule has 98 valence electrons. The predicted octanol–water partition coefficient (Wildman–Crippen LogP) is 2.72. The van der Waals surface area contributed by atoms with Gasteiger partial charge in [-0.05, 0) is 0 Å². The fourth-order valence-electron chi connectivity index (χ4n) is 1.00. The predicted molar refractivity (Wildman–Crippen MR) is 41.3 cm³/mol. The van der Waals surface area contributed by atoms with Crippen molar-refractivity contribution in [3.05, 3.63) is 23.0 Å². The zero-order valence-corrected chi connectivity index (χ0v) is 8.19. The van der Waals surface area contributed by atoms with Gasteiger partial charge in [-0.25, -0.2) is 14.4 Å². The van der Waals surface area contributed by atoms with Crippen molar-refractivity contribution in [3.63, 3.8) is 0 Å². The van der Waals surface area contributed by atoms with Crippen LogP contribution in [0.15, 0.2) is 0 Å². The van der Waals surface area contributed by atoms with Crippen molar-refractivity contribution in [2.45, 2.75) is 18.8 Å². The lowest BCUT2D eigenvalue weighted by atomic mass is 10.2. The van der Waals surface area contributed by atoms with Gasteiger partial charge in [-0.1, -0.05) is 0 Å². The second kappa shape index (κ2) is 4.40. The SMILES string of the molecule is N#CCc1nc(C(F)(F)F)nc(C(F)(F)F)c1F. The molecule has 0 aromatic carbocycles. The van der Waals surface area contributed by atoms with Gasteiger partial charge in [0.05, 0.1) is 18.2 Å². The normalized spacial score (nSPS) is 12.3. The zero-order valence-electron chi connectivity index (χ0n) is 8.19. The van der Waals surface area contributed by atoms with Crippen molar-refractivity contribution in [3.8, 4) is 6.07 Å². The van der Waals surface area contributed by atoms with E-state index in [-0.39, 0.29) is 0 Å². The molecule has 0 N–H and O–H groups in total. The minimum absolute atomic E-state index is 1.03. The number of hydrogen-bond acceptors (Lipinski definition) is 3. The Kier molecular flexibility index (Phi) is 3.45. The Morgan fingerprint density at radius 3 is 1.94 bits per heavy atom. The van der Waals surface area contributed by atoms with Gasteiger partial charge in [0.25, 0.3) is 0 Å². The van der Waals surface area contributed by atoms with E-state index in [9.17, 15) is 30.7 Å². The van der Waals surface area contributed by atoms with Crippen molar-refractivity contribution in [2.24, 2.45) is 0 Å². The summed E-state index contributed by atoms with van der Waals surface area (Å²) in [5.41, 5.74) is -3.58. The van der Waals surface area contributed by atoms with Gasteiger partial charge in [-0.2, -0.15) is 31.6 Å². The van der Waals surface area contributed by atoms with E-state index in [1.807, 2.05) is 0 Å². The maximum Gasteiger partial charge on any atom is 0.451 e. The summed E-state index contributed by atoms with van der Waals surface area (Å²) in [6.07, 6.45) is -11.7. The molecule has 0 fully saturated rings. The van der Waals surface area contributed by atoms with Crippen molar-refractivity contribution in [2.75, 3.05) is 0 Å². The highest BCUT2D eigenvalue weighted by atomic mass is 19.4.